The van der Waals surface area contributed by atoms with Crippen molar-refractivity contribution >= 4 is 35.0 Å². The molecule has 0 saturated carbocycles. The number of amidine groups is 1. The van der Waals surface area contributed by atoms with Crippen molar-refractivity contribution in [3.63, 3.8) is 0 Å². The summed E-state index contributed by atoms with van der Waals surface area (Å²) in [6.07, 6.45) is 2.61. The van der Waals surface area contributed by atoms with Crippen LogP contribution >= 0.6 is 11.8 Å². The molecule has 0 aliphatic carbocycles. The Bertz CT molecular complexity index is 885. The van der Waals surface area contributed by atoms with Crippen LogP contribution in [-0.4, -0.2) is 65.0 Å². The molecule has 0 aromatic heterocycles. The van der Waals surface area contributed by atoms with Gasteiger partial charge in [-0.25, -0.2) is 14.6 Å². The minimum Gasteiger partial charge on any atom is -0.465 e. The lowest BCUT2D eigenvalue weighted by atomic mass is 9.98. The highest BCUT2D eigenvalue weighted by Crippen LogP contribution is 2.34. The van der Waals surface area contributed by atoms with Crippen molar-refractivity contribution in [3.05, 3.63) is 40.0 Å². The zero-order valence-electron chi connectivity index (χ0n) is 15.6. The summed E-state index contributed by atoms with van der Waals surface area (Å²) in [5.41, 5.74) is 4.26. The molecule has 8 nitrogen and oxygen atoms in total. The fraction of sp³-hybridized carbons (Fsp3) is 0.421. The van der Waals surface area contributed by atoms with Gasteiger partial charge >= 0.3 is 6.09 Å². The predicted octanol–water partition coefficient (Wildman–Crippen LogP) is 2.45. The number of hydrogen-bond donors (Lipinski definition) is 2. The molecule has 2 saturated heterocycles. The van der Waals surface area contributed by atoms with Crippen LogP contribution in [-0.2, 0) is 9.53 Å². The van der Waals surface area contributed by atoms with E-state index in [9.17, 15) is 19.1 Å². The van der Waals surface area contributed by atoms with Crippen LogP contribution in [0.5, 0.6) is 0 Å². The van der Waals surface area contributed by atoms with Gasteiger partial charge < -0.3 is 9.84 Å². The van der Waals surface area contributed by atoms with Gasteiger partial charge in [-0.3, -0.25) is 14.7 Å². The van der Waals surface area contributed by atoms with E-state index in [0.717, 1.165) is 25.9 Å². The maximum Gasteiger partial charge on any atom is 0.407 e. The molecular weight excluding hydrogens is 399 g/mol. The number of carbonyl (C=O) groups is 2. The molecule has 4 rings (SSSR count). The molecule has 2 fully saturated rings. The van der Waals surface area contributed by atoms with Gasteiger partial charge in [0.05, 0.1) is 24.2 Å². The largest absolute Gasteiger partial charge is 0.465 e. The smallest absolute Gasteiger partial charge is 0.407 e. The van der Waals surface area contributed by atoms with Crippen molar-refractivity contribution in [2.75, 3.05) is 32.8 Å². The quantitative estimate of drug-likeness (QED) is 0.710. The molecule has 1 aromatic rings. The highest BCUT2D eigenvalue weighted by molar-refractivity contribution is 8.18. The van der Waals surface area contributed by atoms with E-state index in [-0.39, 0.29) is 19.1 Å². The summed E-state index contributed by atoms with van der Waals surface area (Å²) in [7, 11) is 0. The zero-order valence-corrected chi connectivity index (χ0v) is 16.5. The number of benzene rings is 1. The average molecular weight is 420 g/mol. The van der Waals surface area contributed by atoms with Gasteiger partial charge in [-0.1, -0.05) is 6.07 Å². The second-order valence-corrected chi connectivity index (χ2v) is 7.93. The van der Waals surface area contributed by atoms with Gasteiger partial charge in [0.25, 0.3) is 5.91 Å². The third-order valence-electron chi connectivity index (χ3n) is 5.02. The maximum atomic E-state index is 14.0. The first-order chi connectivity index (χ1) is 14.0. The van der Waals surface area contributed by atoms with Crippen LogP contribution in [0.2, 0.25) is 0 Å². The summed E-state index contributed by atoms with van der Waals surface area (Å²) < 4.78 is 19.4. The summed E-state index contributed by atoms with van der Waals surface area (Å²) in [5.74, 6) is -0.851. The number of rotatable bonds is 2. The highest BCUT2D eigenvalue weighted by atomic mass is 32.2. The molecule has 1 aromatic carbocycles. The monoisotopic (exact) mass is 420 g/mol. The Morgan fingerprint density at radius 1 is 1.38 bits per heavy atom. The number of morpholine rings is 1. The first-order valence-corrected chi connectivity index (χ1v) is 10.2. The van der Waals surface area contributed by atoms with Crippen molar-refractivity contribution in [3.8, 4) is 0 Å². The van der Waals surface area contributed by atoms with E-state index >= 15 is 0 Å². The van der Waals surface area contributed by atoms with Crippen molar-refractivity contribution in [2.24, 2.45) is 4.99 Å². The lowest BCUT2D eigenvalue weighted by Gasteiger charge is -2.34. The molecule has 0 bridgehead atoms. The molecule has 29 heavy (non-hydrogen) atoms. The van der Waals surface area contributed by atoms with E-state index in [0.29, 0.717) is 27.8 Å². The van der Waals surface area contributed by atoms with Gasteiger partial charge in [0, 0.05) is 19.6 Å². The number of aliphatic imine (C=N–C) groups is 1. The van der Waals surface area contributed by atoms with Gasteiger partial charge in [0.2, 0.25) is 0 Å². The molecule has 1 atom stereocenters. The maximum absolute atomic E-state index is 14.0. The van der Waals surface area contributed by atoms with Crippen LogP contribution in [0, 0.1) is 5.82 Å². The van der Waals surface area contributed by atoms with Crippen LogP contribution in [0.1, 0.15) is 30.0 Å². The van der Waals surface area contributed by atoms with E-state index in [1.54, 1.807) is 12.1 Å². The molecule has 0 spiro atoms. The molecule has 3 heterocycles. The number of thioether (sulfide) groups is 1. The standard InChI is InChI=1S/C19H21FN4O4S/c20-13-3-4-14(15-11-28-8-7-23(15)19(26)27)12(9-13)10-16-17(25)22-18(29-16)24-6-2-1-5-21-24/h3-4,9-10,15,21H,1-2,5-8,11H2,(H,26,27)/b16-10-. The molecule has 3 aliphatic heterocycles. The highest BCUT2D eigenvalue weighted by Gasteiger charge is 2.31. The minimum atomic E-state index is -1.06. The van der Waals surface area contributed by atoms with Crippen molar-refractivity contribution < 1.29 is 23.8 Å². The minimum absolute atomic E-state index is 0.175. The van der Waals surface area contributed by atoms with Gasteiger partial charge in [-0.15, -0.1) is 0 Å². The van der Waals surface area contributed by atoms with Crippen LogP contribution in [0.15, 0.2) is 28.1 Å². The molecule has 0 radical (unpaired) electrons. The third kappa shape index (κ3) is 4.29. The Labute approximate surface area is 171 Å². The van der Waals surface area contributed by atoms with E-state index in [1.165, 1.54) is 28.8 Å². The Morgan fingerprint density at radius 3 is 3.00 bits per heavy atom. The zero-order chi connectivity index (χ0) is 20.4. The Kier molecular flexibility index (Phi) is 5.84. The second kappa shape index (κ2) is 8.52. The Morgan fingerprint density at radius 2 is 2.24 bits per heavy atom. The number of carboxylic acid groups (broad SMARTS) is 1. The number of nitrogens with zero attached hydrogens (tertiary/aromatic N) is 3. The molecular formula is C19H21FN4O4S. The summed E-state index contributed by atoms with van der Waals surface area (Å²) in [4.78, 5) is 29.8. The predicted molar refractivity (Wildman–Crippen MR) is 107 cm³/mol. The molecule has 154 valence electrons. The SMILES string of the molecule is O=C1N=C(N2CCCCN2)S/C1=C\c1cc(F)ccc1C1COCCN1C(=O)O. The number of amides is 2. The topological polar surface area (TPSA) is 94.5 Å². The molecule has 2 amide bonds. The Balaban J connectivity index is 1.63. The summed E-state index contributed by atoms with van der Waals surface area (Å²) in [5, 5.41) is 12.0. The van der Waals surface area contributed by atoms with Crippen LogP contribution in [0.4, 0.5) is 9.18 Å². The van der Waals surface area contributed by atoms with E-state index < -0.39 is 18.0 Å². The van der Waals surface area contributed by atoms with Crippen LogP contribution in [0.3, 0.4) is 0 Å². The van der Waals surface area contributed by atoms with Crippen molar-refractivity contribution in [2.45, 2.75) is 18.9 Å². The molecule has 2 N–H and O–H groups in total. The van der Waals surface area contributed by atoms with E-state index in [2.05, 4.69) is 10.4 Å². The number of hydrogen-bond acceptors (Lipinski definition) is 6. The van der Waals surface area contributed by atoms with Gasteiger partial charge in [-0.05, 0) is 53.9 Å². The Hall–Kier alpha value is -2.43. The van der Waals surface area contributed by atoms with Crippen molar-refractivity contribution in [1.29, 1.82) is 0 Å². The van der Waals surface area contributed by atoms with Gasteiger partial charge in [0.15, 0.2) is 5.17 Å². The summed E-state index contributed by atoms with van der Waals surface area (Å²) in [6, 6.07) is 3.57. The second-order valence-electron chi connectivity index (χ2n) is 6.92. The van der Waals surface area contributed by atoms with Crippen LogP contribution < -0.4 is 5.43 Å². The average Bonchev–Trinajstić information content (AvgIpc) is 3.09. The number of halogens is 1. The normalized spacial score (nSPS) is 24.2. The number of ether oxygens (including phenoxy) is 1. The van der Waals surface area contributed by atoms with Gasteiger partial charge in [0.1, 0.15) is 5.82 Å². The van der Waals surface area contributed by atoms with Crippen LogP contribution in [0.25, 0.3) is 6.08 Å². The lowest BCUT2D eigenvalue weighted by Crippen LogP contribution is -2.45. The molecule has 3 aliphatic rings. The molecule has 1 unspecified atom stereocenters. The first-order valence-electron chi connectivity index (χ1n) is 9.43. The summed E-state index contributed by atoms with van der Waals surface area (Å²) in [6.45, 7) is 2.32. The van der Waals surface area contributed by atoms with Gasteiger partial charge in [-0.2, -0.15) is 4.99 Å². The third-order valence-corrected chi connectivity index (χ3v) is 6.03. The number of nitrogens with one attached hydrogen (secondary N) is 1. The number of carbonyl (C=O) groups excluding carboxylic acids is 1. The fourth-order valence-corrected chi connectivity index (χ4v) is 4.48. The number of hydrazine groups is 1. The lowest BCUT2D eigenvalue weighted by molar-refractivity contribution is -0.113. The van der Waals surface area contributed by atoms with E-state index in [4.69, 9.17) is 4.74 Å². The van der Waals surface area contributed by atoms with E-state index in [1.807, 2.05) is 5.01 Å². The van der Waals surface area contributed by atoms with Crippen molar-refractivity contribution in [1.82, 2.24) is 15.3 Å². The first kappa shape index (κ1) is 19.9. The molecule has 10 heteroatoms. The fourth-order valence-electron chi connectivity index (χ4n) is 3.57. The summed E-state index contributed by atoms with van der Waals surface area (Å²) >= 11 is 1.23.